The number of esters is 1. The Morgan fingerprint density at radius 1 is 0.958 bits per heavy atom. The van der Waals surface area contributed by atoms with E-state index in [-0.39, 0.29) is 5.97 Å². The Kier molecular flexibility index (Phi) is 7.74. The summed E-state index contributed by atoms with van der Waals surface area (Å²) >= 11 is 0. The summed E-state index contributed by atoms with van der Waals surface area (Å²) in [5, 5.41) is 0. The van der Waals surface area contributed by atoms with Gasteiger partial charge < -0.3 is 9.64 Å². The molecule has 0 aromatic carbocycles. The van der Waals surface area contributed by atoms with Crippen molar-refractivity contribution in [2.24, 2.45) is 0 Å². The van der Waals surface area contributed by atoms with Gasteiger partial charge in [0, 0.05) is 25.4 Å². The Hall–Kier alpha value is -2.43. The van der Waals surface area contributed by atoms with E-state index in [2.05, 4.69) is 14.9 Å². The Morgan fingerprint density at radius 2 is 1.58 bits per heavy atom. The molecule has 0 saturated heterocycles. The van der Waals surface area contributed by atoms with Crippen molar-refractivity contribution in [3.05, 3.63) is 48.8 Å². The van der Waals surface area contributed by atoms with Crippen molar-refractivity contribution in [2.75, 3.05) is 18.1 Å². The van der Waals surface area contributed by atoms with E-state index >= 15 is 0 Å². The zero-order chi connectivity index (χ0) is 17.0. The van der Waals surface area contributed by atoms with Gasteiger partial charge in [-0.1, -0.05) is 25.0 Å². The predicted molar refractivity (Wildman–Crippen MR) is 95.2 cm³/mol. The van der Waals surface area contributed by atoms with Crippen LogP contribution in [0.25, 0.3) is 0 Å². The van der Waals surface area contributed by atoms with Crippen molar-refractivity contribution in [2.45, 2.75) is 39.0 Å². The fraction of sp³-hybridized carbons (Fsp3) is 0.421. The van der Waals surface area contributed by atoms with Crippen LogP contribution >= 0.6 is 0 Å². The Morgan fingerprint density at radius 3 is 2.12 bits per heavy atom. The second-order valence-electron chi connectivity index (χ2n) is 5.50. The van der Waals surface area contributed by atoms with Gasteiger partial charge in [-0.25, -0.2) is 9.97 Å². The molecule has 0 atom stereocenters. The van der Waals surface area contributed by atoms with E-state index in [1.807, 2.05) is 43.3 Å². The van der Waals surface area contributed by atoms with Crippen molar-refractivity contribution in [1.82, 2.24) is 9.97 Å². The van der Waals surface area contributed by atoms with E-state index < -0.39 is 0 Å². The number of nitrogens with zero attached hydrogens (tertiary/aromatic N) is 3. The van der Waals surface area contributed by atoms with Crippen LogP contribution in [0.15, 0.2) is 48.8 Å². The van der Waals surface area contributed by atoms with Crippen LogP contribution in [0.2, 0.25) is 0 Å². The normalized spacial score (nSPS) is 10.4. The first kappa shape index (κ1) is 17.9. The molecule has 24 heavy (non-hydrogen) atoms. The summed E-state index contributed by atoms with van der Waals surface area (Å²) in [6, 6.07) is 11.8. The topological polar surface area (TPSA) is 55.3 Å². The molecule has 0 aliphatic heterocycles. The summed E-state index contributed by atoms with van der Waals surface area (Å²) in [5.74, 6) is 1.71. The van der Waals surface area contributed by atoms with Crippen LogP contribution in [-0.4, -0.2) is 29.1 Å². The van der Waals surface area contributed by atoms with Gasteiger partial charge in [0.05, 0.1) is 6.61 Å². The Labute approximate surface area is 143 Å². The molecular weight excluding hydrogens is 302 g/mol. The van der Waals surface area contributed by atoms with E-state index in [1.165, 1.54) is 0 Å². The van der Waals surface area contributed by atoms with Crippen molar-refractivity contribution in [3.63, 3.8) is 0 Å². The third-order valence-electron chi connectivity index (χ3n) is 3.67. The van der Waals surface area contributed by atoms with Crippen LogP contribution in [0.4, 0.5) is 11.6 Å². The van der Waals surface area contributed by atoms with Gasteiger partial charge in [0.15, 0.2) is 0 Å². The van der Waals surface area contributed by atoms with E-state index in [9.17, 15) is 4.79 Å². The van der Waals surface area contributed by atoms with Crippen molar-refractivity contribution < 1.29 is 9.53 Å². The lowest BCUT2D eigenvalue weighted by Gasteiger charge is -2.22. The van der Waals surface area contributed by atoms with E-state index in [0.717, 1.165) is 43.9 Å². The number of hydrogen-bond acceptors (Lipinski definition) is 5. The molecule has 128 valence electrons. The zero-order valence-corrected chi connectivity index (χ0v) is 14.2. The van der Waals surface area contributed by atoms with Crippen LogP contribution in [0, 0.1) is 0 Å². The molecule has 0 radical (unpaired) electrons. The Bertz CT molecular complexity index is 551. The quantitative estimate of drug-likeness (QED) is 0.485. The number of rotatable bonds is 10. The fourth-order valence-corrected chi connectivity index (χ4v) is 2.50. The summed E-state index contributed by atoms with van der Waals surface area (Å²) in [6.45, 7) is 3.15. The monoisotopic (exact) mass is 327 g/mol. The highest BCUT2D eigenvalue weighted by molar-refractivity contribution is 5.69. The number of carbonyl (C=O) groups is 1. The molecule has 5 nitrogen and oxygen atoms in total. The van der Waals surface area contributed by atoms with Gasteiger partial charge in [0.25, 0.3) is 0 Å². The average molecular weight is 327 g/mol. The summed E-state index contributed by atoms with van der Waals surface area (Å²) in [6.07, 6.45) is 8.10. The molecule has 0 unspecified atom stereocenters. The summed E-state index contributed by atoms with van der Waals surface area (Å²) in [5.41, 5.74) is 0. The fourth-order valence-electron chi connectivity index (χ4n) is 2.50. The lowest BCUT2D eigenvalue weighted by atomic mass is 10.1. The van der Waals surface area contributed by atoms with E-state index in [0.29, 0.717) is 13.0 Å². The number of anilines is 2. The molecule has 2 aromatic heterocycles. The van der Waals surface area contributed by atoms with E-state index in [4.69, 9.17) is 4.74 Å². The molecule has 2 heterocycles. The highest BCUT2D eigenvalue weighted by Crippen LogP contribution is 2.21. The maximum atomic E-state index is 11.3. The number of hydrogen-bond donors (Lipinski definition) is 0. The highest BCUT2D eigenvalue weighted by atomic mass is 16.5. The molecular formula is C19H25N3O2. The number of pyridine rings is 2. The molecule has 5 heteroatoms. The largest absolute Gasteiger partial charge is 0.466 e. The number of carbonyl (C=O) groups excluding carboxylic acids is 1. The maximum absolute atomic E-state index is 11.3. The minimum absolute atomic E-state index is 0.0962. The zero-order valence-electron chi connectivity index (χ0n) is 14.2. The van der Waals surface area contributed by atoms with Gasteiger partial charge in [-0.2, -0.15) is 0 Å². The van der Waals surface area contributed by atoms with Crippen molar-refractivity contribution in [1.29, 1.82) is 0 Å². The first-order valence-corrected chi connectivity index (χ1v) is 8.56. The average Bonchev–Trinajstić information content (AvgIpc) is 2.63. The molecule has 0 aliphatic carbocycles. The molecule has 0 N–H and O–H groups in total. The minimum atomic E-state index is -0.0962. The second kappa shape index (κ2) is 10.4. The first-order chi connectivity index (χ1) is 11.8. The number of aromatic nitrogens is 2. The molecule has 0 aliphatic rings. The minimum Gasteiger partial charge on any atom is -0.466 e. The Balaban J connectivity index is 1.81. The van der Waals surface area contributed by atoms with Gasteiger partial charge in [-0.3, -0.25) is 4.79 Å². The third kappa shape index (κ3) is 5.99. The molecule has 0 amide bonds. The van der Waals surface area contributed by atoms with Crippen molar-refractivity contribution in [3.8, 4) is 0 Å². The van der Waals surface area contributed by atoms with E-state index in [1.54, 1.807) is 12.4 Å². The third-order valence-corrected chi connectivity index (χ3v) is 3.67. The van der Waals surface area contributed by atoms with Crippen LogP contribution in [0.1, 0.15) is 39.0 Å². The predicted octanol–water partition coefficient (Wildman–Crippen LogP) is 4.13. The highest BCUT2D eigenvalue weighted by Gasteiger charge is 2.10. The van der Waals surface area contributed by atoms with Gasteiger partial charge in [0.2, 0.25) is 0 Å². The summed E-state index contributed by atoms with van der Waals surface area (Å²) in [7, 11) is 0. The molecule has 0 fully saturated rings. The number of ether oxygens (including phenoxy) is 1. The SMILES string of the molecule is CCOC(=O)CCCCCCN(c1ccccn1)c1ccccn1. The lowest BCUT2D eigenvalue weighted by molar-refractivity contribution is -0.143. The first-order valence-electron chi connectivity index (χ1n) is 8.56. The molecule has 2 aromatic rings. The van der Waals surface area contributed by atoms with Crippen molar-refractivity contribution >= 4 is 17.6 Å². The molecule has 2 rings (SSSR count). The van der Waals surface area contributed by atoms with Crippen LogP contribution in [-0.2, 0) is 9.53 Å². The van der Waals surface area contributed by atoms with Crippen LogP contribution in [0.5, 0.6) is 0 Å². The van der Waals surface area contributed by atoms with Gasteiger partial charge in [-0.05, 0) is 44.0 Å². The second-order valence-corrected chi connectivity index (χ2v) is 5.50. The lowest BCUT2D eigenvalue weighted by Crippen LogP contribution is -2.20. The molecule has 0 spiro atoms. The summed E-state index contributed by atoms with van der Waals surface area (Å²) < 4.78 is 4.94. The van der Waals surface area contributed by atoms with Crippen LogP contribution < -0.4 is 4.90 Å². The standard InChI is InChI=1S/C19H25N3O2/c1-2-24-19(23)13-5-3-4-10-16-22(17-11-6-8-14-20-17)18-12-7-9-15-21-18/h6-9,11-12,14-15H,2-5,10,13,16H2,1H3. The van der Waals surface area contributed by atoms with Gasteiger partial charge >= 0.3 is 5.97 Å². The number of unbranched alkanes of at least 4 members (excludes halogenated alkanes) is 3. The molecule has 0 saturated carbocycles. The van der Waals surface area contributed by atoms with Crippen LogP contribution in [0.3, 0.4) is 0 Å². The summed E-state index contributed by atoms with van der Waals surface area (Å²) in [4.78, 5) is 22.3. The van der Waals surface area contributed by atoms with Gasteiger partial charge in [0.1, 0.15) is 11.6 Å². The maximum Gasteiger partial charge on any atom is 0.305 e. The van der Waals surface area contributed by atoms with Gasteiger partial charge in [-0.15, -0.1) is 0 Å². The molecule has 0 bridgehead atoms. The smallest absolute Gasteiger partial charge is 0.305 e.